The molecule has 23 heavy (non-hydrogen) atoms. The third kappa shape index (κ3) is 4.10. The van der Waals surface area contributed by atoms with Crippen LogP contribution in [0.2, 0.25) is 0 Å². The third-order valence-electron chi connectivity index (χ3n) is 4.43. The summed E-state index contributed by atoms with van der Waals surface area (Å²) in [7, 11) is 1.66. The van der Waals surface area contributed by atoms with Gasteiger partial charge in [-0.25, -0.2) is 4.98 Å². The van der Waals surface area contributed by atoms with Crippen LogP contribution >= 0.6 is 11.3 Å². The summed E-state index contributed by atoms with van der Waals surface area (Å²) < 4.78 is 5.15. The second kappa shape index (κ2) is 7.59. The topological polar surface area (TPSA) is 42.4 Å². The van der Waals surface area contributed by atoms with Gasteiger partial charge in [-0.1, -0.05) is 12.1 Å². The number of hydrogen-bond acceptors (Lipinski definition) is 4. The van der Waals surface area contributed by atoms with Crippen molar-refractivity contribution in [2.75, 3.05) is 20.2 Å². The third-order valence-corrected chi connectivity index (χ3v) is 5.37. The molecule has 2 aromatic rings. The maximum atomic E-state index is 12.4. The van der Waals surface area contributed by atoms with E-state index in [-0.39, 0.29) is 5.91 Å². The number of piperidine rings is 1. The van der Waals surface area contributed by atoms with E-state index in [2.05, 4.69) is 4.98 Å². The van der Waals surface area contributed by atoms with E-state index in [4.69, 9.17) is 4.74 Å². The highest BCUT2D eigenvalue weighted by Gasteiger charge is 2.24. The predicted octanol–water partition coefficient (Wildman–Crippen LogP) is 3.49. The molecule has 4 nitrogen and oxygen atoms in total. The highest BCUT2D eigenvalue weighted by atomic mass is 32.1. The lowest BCUT2D eigenvalue weighted by atomic mass is 9.97. The quantitative estimate of drug-likeness (QED) is 0.843. The van der Waals surface area contributed by atoms with E-state index in [9.17, 15) is 4.79 Å². The lowest BCUT2D eigenvalue weighted by Gasteiger charge is -2.31. The minimum absolute atomic E-state index is 0.262. The highest BCUT2D eigenvalue weighted by Crippen LogP contribution is 2.29. The summed E-state index contributed by atoms with van der Waals surface area (Å²) in [5.41, 5.74) is 1.18. The molecule has 1 aliphatic rings. The zero-order valence-corrected chi connectivity index (χ0v) is 14.2. The number of carbonyl (C=O) groups is 1. The van der Waals surface area contributed by atoms with Crippen molar-refractivity contribution < 1.29 is 9.53 Å². The van der Waals surface area contributed by atoms with Gasteiger partial charge in [0.1, 0.15) is 5.75 Å². The molecule has 1 aliphatic heterocycles. The molecular weight excluding hydrogens is 308 g/mol. The zero-order valence-electron chi connectivity index (χ0n) is 13.4. The largest absolute Gasteiger partial charge is 0.497 e. The summed E-state index contributed by atoms with van der Waals surface area (Å²) in [5, 5.41) is 3.25. The van der Waals surface area contributed by atoms with E-state index in [0.29, 0.717) is 12.3 Å². The molecule has 0 aliphatic carbocycles. The fraction of sp³-hybridized carbons (Fsp3) is 0.444. The molecule has 0 bridgehead atoms. The maximum absolute atomic E-state index is 12.4. The number of methoxy groups -OCH3 is 1. The van der Waals surface area contributed by atoms with Crippen LogP contribution < -0.4 is 4.74 Å². The number of thiazole rings is 1. The van der Waals surface area contributed by atoms with Crippen molar-refractivity contribution in [2.45, 2.75) is 31.6 Å². The number of carbonyl (C=O) groups excluding carboxylic acids is 1. The fourth-order valence-corrected chi connectivity index (χ4v) is 3.82. The van der Waals surface area contributed by atoms with Crippen LogP contribution in [0.1, 0.15) is 35.8 Å². The van der Waals surface area contributed by atoms with Crippen molar-refractivity contribution in [1.82, 2.24) is 9.88 Å². The molecule has 1 fully saturated rings. The van der Waals surface area contributed by atoms with Crippen molar-refractivity contribution >= 4 is 17.2 Å². The molecule has 0 saturated carbocycles. The molecule has 1 aromatic carbocycles. The Morgan fingerprint density at radius 3 is 2.65 bits per heavy atom. The maximum Gasteiger partial charge on any atom is 0.222 e. The SMILES string of the molecule is COc1ccc(CCC(=O)N2CCC(c3nccs3)CC2)cc1. The van der Waals surface area contributed by atoms with Crippen LogP contribution in [0.5, 0.6) is 5.75 Å². The molecule has 1 aromatic heterocycles. The van der Waals surface area contributed by atoms with Crippen molar-refractivity contribution in [3.63, 3.8) is 0 Å². The Labute approximate surface area is 141 Å². The van der Waals surface area contributed by atoms with Gasteiger partial charge in [-0.3, -0.25) is 4.79 Å². The molecule has 1 amide bonds. The van der Waals surface area contributed by atoms with Gasteiger partial charge in [0.05, 0.1) is 12.1 Å². The lowest BCUT2D eigenvalue weighted by molar-refractivity contribution is -0.132. The summed E-state index contributed by atoms with van der Waals surface area (Å²) >= 11 is 1.72. The zero-order chi connectivity index (χ0) is 16.1. The van der Waals surface area contributed by atoms with Gasteiger partial charge in [0.15, 0.2) is 0 Å². The molecular formula is C18H22N2O2S. The summed E-state index contributed by atoms with van der Waals surface area (Å²) in [4.78, 5) is 18.8. The second-order valence-corrected chi connectivity index (χ2v) is 6.80. The molecule has 122 valence electrons. The number of amides is 1. The summed E-state index contributed by atoms with van der Waals surface area (Å²) in [6.45, 7) is 1.71. The second-order valence-electron chi connectivity index (χ2n) is 5.87. The van der Waals surface area contributed by atoms with Gasteiger partial charge in [0.2, 0.25) is 5.91 Å². The first kappa shape index (κ1) is 16.0. The molecule has 5 heteroatoms. The van der Waals surface area contributed by atoms with Crippen molar-refractivity contribution in [3.05, 3.63) is 46.4 Å². The minimum Gasteiger partial charge on any atom is -0.497 e. The van der Waals surface area contributed by atoms with Crippen LogP contribution in [0, 0.1) is 0 Å². The van der Waals surface area contributed by atoms with Crippen LogP contribution in [0.15, 0.2) is 35.8 Å². The van der Waals surface area contributed by atoms with Crippen molar-refractivity contribution in [1.29, 1.82) is 0 Å². The molecule has 0 spiro atoms. The Balaban J connectivity index is 1.45. The number of rotatable bonds is 5. The Morgan fingerprint density at radius 2 is 2.04 bits per heavy atom. The van der Waals surface area contributed by atoms with E-state index in [1.165, 1.54) is 10.6 Å². The van der Waals surface area contributed by atoms with Gasteiger partial charge in [0, 0.05) is 37.0 Å². The standard InChI is InChI=1S/C18H22N2O2S/c1-22-16-5-2-14(3-6-16)4-7-17(21)20-11-8-15(9-12-20)18-19-10-13-23-18/h2-3,5-6,10,13,15H,4,7-9,11-12H2,1H3. The van der Waals surface area contributed by atoms with Crippen molar-refractivity contribution in [2.24, 2.45) is 0 Å². The van der Waals surface area contributed by atoms with Gasteiger partial charge in [-0.2, -0.15) is 0 Å². The Morgan fingerprint density at radius 1 is 1.30 bits per heavy atom. The van der Waals surface area contributed by atoms with E-state index in [1.807, 2.05) is 40.7 Å². The Bertz CT molecular complexity index is 617. The summed E-state index contributed by atoms with van der Waals surface area (Å²) in [5.74, 6) is 1.64. The first-order valence-electron chi connectivity index (χ1n) is 8.06. The molecule has 0 radical (unpaired) electrons. The number of benzene rings is 1. The van der Waals surface area contributed by atoms with E-state index < -0.39 is 0 Å². The average molecular weight is 330 g/mol. The van der Waals surface area contributed by atoms with E-state index in [1.54, 1.807) is 18.4 Å². The van der Waals surface area contributed by atoms with Gasteiger partial charge in [-0.15, -0.1) is 11.3 Å². The van der Waals surface area contributed by atoms with Gasteiger partial charge in [-0.05, 0) is 37.0 Å². The van der Waals surface area contributed by atoms with Gasteiger partial charge < -0.3 is 9.64 Å². The summed E-state index contributed by atoms with van der Waals surface area (Å²) in [6, 6.07) is 7.94. The summed E-state index contributed by atoms with van der Waals surface area (Å²) in [6.07, 6.45) is 5.29. The fourth-order valence-electron chi connectivity index (χ4n) is 3.01. The average Bonchev–Trinajstić information content (AvgIpc) is 3.15. The minimum atomic E-state index is 0.262. The van der Waals surface area contributed by atoms with Crippen LogP contribution in [0.25, 0.3) is 0 Å². The monoisotopic (exact) mass is 330 g/mol. The smallest absolute Gasteiger partial charge is 0.222 e. The lowest BCUT2D eigenvalue weighted by Crippen LogP contribution is -2.38. The first-order valence-corrected chi connectivity index (χ1v) is 8.94. The predicted molar refractivity (Wildman–Crippen MR) is 92.0 cm³/mol. The number of ether oxygens (including phenoxy) is 1. The number of aryl methyl sites for hydroxylation is 1. The van der Waals surface area contributed by atoms with E-state index >= 15 is 0 Å². The van der Waals surface area contributed by atoms with E-state index in [0.717, 1.165) is 38.1 Å². The number of nitrogens with zero attached hydrogens (tertiary/aromatic N) is 2. The normalized spacial score (nSPS) is 15.6. The molecule has 1 saturated heterocycles. The van der Waals surface area contributed by atoms with Crippen LogP contribution in [-0.4, -0.2) is 36.0 Å². The molecule has 0 N–H and O–H groups in total. The molecule has 0 unspecified atom stereocenters. The van der Waals surface area contributed by atoms with Crippen LogP contribution in [0.4, 0.5) is 0 Å². The van der Waals surface area contributed by atoms with Gasteiger partial charge >= 0.3 is 0 Å². The number of hydrogen-bond donors (Lipinski definition) is 0. The molecule has 0 atom stereocenters. The number of aromatic nitrogens is 1. The van der Waals surface area contributed by atoms with Crippen molar-refractivity contribution in [3.8, 4) is 5.75 Å². The van der Waals surface area contributed by atoms with Crippen LogP contribution in [-0.2, 0) is 11.2 Å². The Hall–Kier alpha value is -1.88. The Kier molecular flexibility index (Phi) is 5.28. The first-order chi connectivity index (χ1) is 11.3. The number of likely N-dealkylation sites (tertiary alicyclic amines) is 1. The highest BCUT2D eigenvalue weighted by molar-refractivity contribution is 7.09. The van der Waals surface area contributed by atoms with Crippen LogP contribution in [0.3, 0.4) is 0 Å². The molecule has 3 rings (SSSR count). The van der Waals surface area contributed by atoms with Gasteiger partial charge in [0.25, 0.3) is 0 Å². The molecule has 2 heterocycles.